The number of hydrogen-bond acceptors (Lipinski definition) is 3. The molecule has 2 aromatic carbocycles. The van der Waals surface area contributed by atoms with E-state index in [2.05, 4.69) is 4.98 Å². The second kappa shape index (κ2) is 4.05. The minimum absolute atomic E-state index is 0.112. The van der Waals surface area contributed by atoms with Gasteiger partial charge < -0.3 is 10.2 Å². The number of fused-ring (bicyclic) bond motifs is 1. The molecule has 0 saturated heterocycles. The number of nitrogens with zero attached hydrogens (tertiary/aromatic N) is 1. The van der Waals surface area contributed by atoms with Crippen molar-refractivity contribution in [3.8, 4) is 11.5 Å². The highest BCUT2D eigenvalue weighted by molar-refractivity contribution is 5.79. The van der Waals surface area contributed by atoms with E-state index in [1.165, 1.54) is 6.07 Å². The molecule has 3 aromatic rings. The van der Waals surface area contributed by atoms with Crippen molar-refractivity contribution >= 4 is 16.8 Å². The Hall–Kier alpha value is -2.43. The van der Waals surface area contributed by atoms with E-state index in [0.717, 1.165) is 6.07 Å². The Morgan fingerprint density at radius 2 is 1.89 bits per heavy atom. The van der Waals surface area contributed by atoms with E-state index < -0.39 is 11.6 Å². The van der Waals surface area contributed by atoms with Crippen LogP contribution in [0.4, 0.5) is 14.5 Å². The smallest absolute Gasteiger partial charge is 0.230 e. The molecule has 0 radical (unpaired) electrons. The van der Waals surface area contributed by atoms with Gasteiger partial charge >= 0.3 is 0 Å². The number of aryl methyl sites for hydroxylation is 1. The first-order valence-electron chi connectivity index (χ1n) is 5.66. The fourth-order valence-corrected chi connectivity index (χ4v) is 1.88. The van der Waals surface area contributed by atoms with Crippen LogP contribution < -0.4 is 5.73 Å². The largest absolute Gasteiger partial charge is 0.436 e. The van der Waals surface area contributed by atoms with Gasteiger partial charge in [0.05, 0.1) is 5.56 Å². The summed E-state index contributed by atoms with van der Waals surface area (Å²) in [4.78, 5) is 4.17. The quantitative estimate of drug-likeness (QED) is 0.679. The Bertz CT molecular complexity index is 780. The van der Waals surface area contributed by atoms with Gasteiger partial charge in [-0.15, -0.1) is 0 Å². The molecule has 0 atom stereocenters. The van der Waals surface area contributed by atoms with Gasteiger partial charge in [-0.25, -0.2) is 13.8 Å². The van der Waals surface area contributed by atoms with Crippen LogP contribution in [0.5, 0.6) is 0 Å². The molecule has 5 heteroatoms. The van der Waals surface area contributed by atoms with Gasteiger partial charge in [0.15, 0.2) is 5.58 Å². The highest BCUT2D eigenvalue weighted by atomic mass is 19.1. The van der Waals surface area contributed by atoms with Gasteiger partial charge in [-0.2, -0.15) is 0 Å². The van der Waals surface area contributed by atoms with Crippen molar-refractivity contribution in [1.82, 2.24) is 4.98 Å². The van der Waals surface area contributed by atoms with Crippen LogP contribution in [0.3, 0.4) is 0 Å². The summed E-state index contributed by atoms with van der Waals surface area (Å²) in [6, 6.07) is 7.17. The Kier molecular flexibility index (Phi) is 2.48. The molecule has 0 amide bonds. The Labute approximate surface area is 107 Å². The number of halogens is 2. The van der Waals surface area contributed by atoms with Gasteiger partial charge in [0, 0.05) is 11.8 Å². The number of nitrogens with two attached hydrogens (primary N) is 1. The van der Waals surface area contributed by atoms with Crippen LogP contribution in [-0.2, 0) is 0 Å². The molecule has 1 aromatic heterocycles. The minimum atomic E-state index is -0.706. The summed E-state index contributed by atoms with van der Waals surface area (Å²) >= 11 is 0. The van der Waals surface area contributed by atoms with Gasteiger partial charge in [-0.3, -0.25) is 0 Å². The van der Waals surface area contributed by atoms with Gasteiger partial charge in [0.1, 0.15) is 17.2 Å². The molecule has 0 aliphatic heterocycles. The molecule has 3 nitrogen and oxygen atoms in total. The van der Waals surface area contributed by atoms with Crippen LogP contribution in [-0.4, -0.2) is 4.98 Å². The maximum absolute atomic E-state index is 13.8. The lowest BCUT2D eigenvalue weighted by Gasteiger charge is -2.01. The molecule has 0 unspecified atom stereocenters. The van der Waals surface area contributed by atoms with Crippen LogP contribution in [0.1, 0.15) is 5.56 Å². The molecule has 0 spiro atoms. The SMILES string of the molecule is Cc1cc(-c2nc3cc(N)ccc3o2)c(F)cc1F. The number of benzene rings is 2. The summed E-state index contributed by atoms with van der Waals surface area (Å²) in [5.41, 5.74) is 7.69. The summed E-state index contributed by atoms with van der Waals surface area (Å²) in [7, 11) is 0. The fourth-order valence-electron chi connectivity index (χ4n) is 1.88. The minimum Gasteiger partial charge on any atom is -0.436 e. The zero-order chi connectivity index (χ0) is 13.6. The van der Waals surface area contributed by atoms with E-state index >= 15 is 0 Å². The Morgan fingerprint density at radius 3 is 2.68 bits per heavy atom. The number of oxazole rings is 1. The summed E-state index contributed by atoms with van der Waals surface area (Å²) in [5, 5.41) is 0. The highest BCUT2D eigenvalue weighted by Gasteiger charge is 2.15. The van der Waals surface area contributed by atoms with Crippen molar-refractivity contribution in [1.29, 1.82) is 0 Å². The molecular weight excluding hydrogens is 250 g/mol. The summed E-state index contributed by atoms with van der Waals surface area (Å²) < 4.78 is 32.4. The van der Waals surface area contributed by atoms with Gasteiger partial charge in [-0.1, -0.05) is 0 Å². The van der Waals surface area contributed by atoms with E-state index in [4.69, 9.17) is 10.2 Å². The number of hydrogen-bond donors (Lipinski definition) is 1. The normalized spacial score (nSPS) is 11.1. The van der Waals surface area contributed by atoms with Gasteiger partial charge in [0.25, 0.3) is 0 Å². The maximum Gasteiger partial charge on any atom is 0.230 e. The van der Waals surface area contributed by atoms with E-state index in [-0.39, 0.29) is 11.5 Å². The third-order valence-electron chi connectivity index (χ3n) is 2.89. The number of nitrogen functional groups attached to an aromatic ring is 1. The average Bonchev–Trinajstić information content (AvgIpc) is 2.76. The molecule has 0 bridgehead atoms. The number of aromatic nitrogens is 1. The van der Waals surface area contributed by atoms with Crippen molar-refractivity contribution in [3.05, 3.63) is 47.5 Å². The maximum atomic E-state index is 13.8. The average molecular weight is 260 g/mol. The number of anilines is 1. The zero-order valence-electron chi connectivity index (χ0n) is 10.1. The van der Waals surface area contributed by atoms with E-state index in [9.17, 15) is 8.78 Å². The van der Waals surface area contributed by atoms with Gasteiger partial charge in [0.2, 0.25) is 5.89 Å². The lowest BCUT2D eigenvalue weighted by atomic mass is 10.1. The van der Waals surface area contributed by atoms with Crippen molar-refractivity contribution in [2.45, 2.75) is 6.92 Å². The van der Waals surface area contributed by atoms with Crippen molar-refractivity contribution < 1.29 is 13.2 Å². The molecule has 2 N–H and O–H groups in total. The third kappa shape index (κ3) is 1.93. The van der Waals surface area contributed by atoms with Crippen LogP contribution in [0.15, 0.2) is 34.7 Å². The second-order valence-corrected chi connectivity index (χ2v) is 4.33. The molecular formula is C14H10F2N2O. The van der Waals surface area contributed by atoms with E-state index in [1.807, 2.05) is 0 Å². The molecule has 19 heavy (non-hydrogen) atoms. The predicted molar refractivity (Wildman–Crippen MR) is 68.5 cm³/mol. The van der Waals surface area contributed by atoms with Crippen LogP contribution in [0.2, 0.25) is 0 Å². The topological polar surface area (TPSA) is 52.0 Å². The Balaban J connectivity index is 2.21. The molecule has 0 fully saturated rings. The second-order valence-electron chi connectivity index (χ2n) is 4.33. The molecule has 3 rings (SSSR count). The molecule has 0 aliphatic carbocycles. The third-order valence-corrected chi connectivity index (χ3v) is 2.89. The highest BCUT2D eigenvalue weighted by Crippen LogP contribution is 2.28. The standard InChI is InChI=1S/C14H10F2N2O/c1-7-4-9(11(16)6-10(7)15)14-18-12-5-8(17)2-3-13(12)19-14/h2-6H,17H2,1H3. The summed E-state index contributed by atoms with van der Waals surface area (Å²) in [6.07, 6.45) is 0. The lowest BCUT2D eigenvalue weighted by molar-refractivity contribution is 0.567. The number of rotatable bonds is 1. The van der Waals surface area contributed by atoms with Crippen LogP contribution in [0.25, 0.3) is 22.6 Å². The van der Waals surface area contributed by atoms with Crippen molar-refractivity contribution in [3.63, 3.8) is 0 Å². The van der Waals surface area contributed by atoms with Crippen molar-refractivity contribution in [2.24, 2.45) is 0 Å². The molecule has 96 valence electrons. The first kappa shape index (κ1) is 11.6. The zero-order valence-corrected chi connectivity index (χ0v) is 10.1. The van der Waals surface area contributed by atoms with E-state index in [0.29, 0.717) is 22.4 Å². The Morgan fingerprint density at radius 1 is 1.11 bits per heavy atom. The summed E-state index contributed by atoms with van der Waals surface area (Å²) in [6.45, 7) is 1.55. The van der Waals surface area contributed by atoms with Crippen LogP contribution in [0, 0.1) is 18.6 Å². The first-order chi connectivity index (χ1) is 9.04. The molecule has 0 aliphatic rings. The van der Waals surface area contributed by atoms with Crippen molar-refractivity contribution in [2.75, 3.05) is 5.73 Å². The fraction of sp³-hybridized carbons (Fsp3) is 0.0714. The summed E-state index contributed by atoms with van der Waals surface area (Å²) in [5.74, 6) is -1.19. The molecule has 0 saturated carbocycles. The first-order valence-corrected chi connectivity index (χ1v) is 5.66. The van der Waals surface area contributed by atoms with Gasteiger partial charge in [-0.05, 0) is 36.8 Å². The molecule has 1 heterocycles. The monoisotopic (exact) mass is 260 g/mol. The van der Waals surface area contributed by atoms with Crippen LogP contribution >= 0.6 is 0 Å². The predicted octanol–water partition coefficient (Wildman–Crippen LogP) is 3.66. The van der Waals surface area contributed by atoms with E-state index in [1.54, 1.807) is 25.1 Å². The lowest BCUT2D eigenvalue weighted by Crippen LogP contribution is -1.90.